The molecule has 0 radical (unpaired) electrons. The van der Waals surface area contributed by atoms with E-state index in [0.717, 1.165) is 28.6 Å². The molecule has 4 nitrogen and oxygen atoms in total. The minimum atomic E-state index is 0.0156. The highest BCUT2D eigenvalue weighted by Crippen LogP contribution is 2.22. The second-order valence-corrected chi connectivity index (χ2v) is 7.16. The molecule has 0 saturated carbocycles. The molecule has 0 bridgehead atoms. The standard InChI is InChI=1S/C18H18N2O2S2/c1-3-10-20-17(21)16-15(9-12-23-16)19-18(20)24-11-8-13-4-6-14(22-2)7-5-13/h3-7,9,12H,1,8,10-11H2,2H3. The van der Waals surface area contributed by atoms with Crippen LogP contribution in [0.15, 0.2) is 58.3 Å². The molecule has 0 N–H and O–H groups in total. The van der Waals surface area contributed by atoms with E-state index < -0.39 is 0 Å². The van der Waals surface area contributed by atoms with E-state index in [1.165, 1.54) is 16.9 Å². The van der Waals surface area contributed by atoms with Gasteiger partial charge in [-0.1, -0.05) is 30.0 Å². The molecule has 3 rings (SSSR count). The van der Waals surface area contributed by atoms with Crippen LogP contribution in [-0.4, -0.2) is 22.4 Å². The average Bonchev–Trinajstić information content (AvgIpc) is 3.07. The first-order chi connectivity index (χ1) is 11.7. The summed E-state index contributed by atoms with van der Waals surface area (Å²) in [5.74, 6) is 1.71. The molecule has 0 unspecified atom stereocenters. The molecule has 0 fully saturated rings. The Hall–Kier alpha value is -2.05. The van der Waals surface area contributed by atoms with E-state index in [-0.39, 0.29) is 5.56 Å². The van der Waals surface area contributed by atoms with Gasteiger partial charge >= 0.3 is 0 Å². The summed E-state index contributed by atoms with van der Waals surface area (Å²) in [6.07, 6.45) is 2.64. The van der Waals surface area contributed by atoms with Crippen LogP contribution >= 0.6 is 23.1 Å². The number of rotatable bonds is 7. The molecule has 0 aliphatic rings. The molecule has 2 heterocycles. The van der Waals surface area contributed by atoms with Crippen molar-refractivity contribution in [2.45, 2.75) is 18.1 Å². The first-order valence-electron chi connectivity index (χ1n) is 7.57. The van der Waals surface area contributed by atoms with Crippen molar-refractivity contribution >= 4 is 33.3 Å². The SMILES string of the molecule is C=CCn1c(SCCc2ccc(OC)cc2)nc2ccsc2c1=O. The van der Waals surface area contributed by atoms with E-state index in [1.54, 1.807) is 29.5 Å². The smallest absolute Gasteiger partial charge is 0.272 e. The quantitative estimate of drug-likeness (QED) is 0.364. The molecule has 0 saturated heterocycles. The number of methoxy groups -OCH3 is 1. The van der Waals surface area contributed by atoms with Crippen LogP contribution < -0.4 is 10.3 Å². The molecule has 3 aromatic rings. The van der Waals surface area contributed by atoms with Crippen LogP contribution in [0.3, 0.4) is 0 Å². The number of nitrogens with zero attached hydrogens (tertiary/aromatic N) is 2. The highest BCUT2D eigenvalue weighted by Gasteiger charge is 2.11. The second-order valence-electron chi connectivity index (χ2n) is 5.18. The van der Waals surface area contributed by atoms with Crippen LogP contribution in [0.5, 0.6) is 5.75 Å². The molecule has 0 aliphatic carbocycles. The predicted octanol–water partition coefficient (Wildman–Crippen LogP) is 3.99. The van der Waals surface area contributed by atoms with E-state index in [2.05, 4.69) is 23.7 Å². The Morgan fingerprint density at radius 1 is 1.33 bits per heavy atom. The molecule has 124 valence electrons. The predicted molar refractivity (Wildman–Crippen MR) is 101 cm³/mol. The minimum absolute atomic E-state index is 0.0156. The first-order valence-corrected chi connectivity index (χ1v) is 9.44. The Morgan fingerprint density at radius 3 is 2.83 bits per heavy atom. The van der Waals surface area contributed by atoms with Crippen LogP contribution in [0, 0.1) is 0 Å². The van der Waals surface area contributed by atoms with Crippen LogP contribution in [0.2, 0.25) is 0 Å². The normalized spacial score (nSPS) is 10.9. The zero-order chi connectivity index (χ0) is 16.9. The lowest BCUT2D eigenvalue weighted by Crippen LogP contribution is -2.22. The van der Waals surface area contributed by atoms with Crippen LogP contribution in [0.4, 0.5) is 0 Å². The van der Waals surface area contributed by atoms with Crippen molar-refractivity contribution in [3.63, 3.8) is 0 Å². The van der Waals surface area contributed by atoms with E-state index in [4.69, 9.17) is 4.74 Å². The molecular weight excluding hydrogens is 340 g/mol. The number of aryl methyl sites for hydroxylation is 1. The van der Waals surface area contributed by atoms with Crippen molar-refractivity contribution in [3.05, 3.63) is 64.3 Å². The fraction of sp³-hybridized carbons (Fsp3) is 0.222. The van der Waals surface area contributed by atoms with Gasteiger partial charge in [0.05, 0.1) is 12.6 Å². The molecule has 1 aromatic carbocycles. The van der Waals surface area contributed by atoms with Crippen LogP contribution in [-0.2, 0) is 13.0 Å². The number of benzene rings is 1. The third-order valence-electron chi connectivity index (χ3n) is 3.62. The number of hydrogen-bond acceptors (Lipinski definition) is 5. The van der Waals surface area contributed by atoms with Gasteiger partial charge in [-0.25, -0.2) is 4.98 Å². The van der Waals surface area contributed by atoms with E-state index >= 15 is 0 Å². The van der Waals surface area contributed by atoms with E-state index in [9.17, 15) is 4.79 Å². The number of thiophene rings is 1. The van der Waals surface area contributed by atoms with Crippen LogP contribution in [0.25, 0.3) is 10.2 Å². The number of ether oxygens (including phenoxy) is 1. The molecule has 6 heteroatoms. The van der Waals surface area contributed by atoms with Gasteiger partial charge in [0.2, 0.25) is 0 Å². The molecule has 0 atom stereocenters. The summed E-state index contributed by atoms with van der Waals surface area (Å²) < 4.78 is 7.57. The Bertz CT molecular complexity index is 898. The van der Waals surface area contributed by atoms with Gasteiger partial charge in [-0.15, -0.1) is 17.9 Å². The highest BCUT2D eigenvalue weighted by molar-refractivity contribution is 7.99. The Balaban J connectivity index is 1.77. The van der Waals surface area contributed by atoms with Crippen molar-refractivity contribution in [2.24, 2.45) is 0 Å². The molecule has 2 aromatic heterocycles. The maximum atomic E-state index is 12.6. The fourth-order valence-electron chi connectivity index (χ4n) is 2.38. The van der Waals surface area contributed by atoms with Crippen molar-refractivity contribution in [1.82, 2.24) is 9.55 Å². The lowest BCUT2D eigenvalue weighted by molar-refractivity contribution is 0.414. The summed E-state index contributed by atoms with van der Waals surface area (Å²) in [6.45, 7) is 4.22. The molecule has 0 aliphatic heterocycles. The lowest BCUT2D eigenvalue weighted by Gasteiger charge is -2.10. The van der Waals surface area contributed by atoms with Gasteiger partial charge in [-0.3, -0.25) is 9.36 Å². The van der Waals surface area contributed by atoms with Crippen molar-refractivity contribution in [2.75, 3.05) is 12.9 Å². The van der Waals surface area contributed by atoms with Gasteiger partial charge in [0, 0.05) is 12.3 Å². The number of fused-ring (bicyclic) bond motifs is 1. The number of allylic oxidation sites excluding steroid dienone is 1. The van der Waals surface area contributed by atoms with Crippen molar-refractivity contribution in [1.29, 1.82) is 0 Å². The van der Waals surface area contributed by atoms with E-state index in [0.29, 0.717) is 11.2 Å². The summed E-state index contributed by atoms with van der Waals surface area (Å²) in [4.78, 5) is 17.2. The number of hydrogen-bond donors (Lipinski definition) is 0. The lowest BCUT2D eigenvalue weighted by atomic mass is 10.2. The van der Waals surface area contributed by atoms with Crippen molar-refractivity contribution in [3.8, 4) is 5.75 Å². The van der Waals surface area contributed by atoms with Gasteiger partial charge in [0.15, 0.2) is 5.16 Å². The summed E-state index contributed by atoms with van der Waals surface area (Å²) in [7, 11) is 1.66. The first kappa shape index (κ1) is 16.8. The van der Waals surface area contributed by atoms with Gasteiger partial charge in [0.1, 0.15) is 10.4 Å². The Labute approximate surface area is 148 Å². The van der Waals surface area contributed by atoms with Gasteiger partial charge in [0.25, 0.3) is 5.56 Å². The average molecular weight is 358 g/mol. The third-order valence-corrected chi connectivity index (χ3v) is 5.49. The van der Waals surface area contributed by atoms with Gasteiger partial charge < -0.3 is 4.74 Å². The molecule has 0 spiro atoms. The fourth-order valence-corrected chi connectivity index (χ4v) is 4.15. The molecule has 0 amide bonds. The summed E-state index contributed by atoms with van der Waals surface area (Å²) in [5.41, 5.74) is 2.02. The number of aromatic nitrogens is 2. The van der Waals surface area contributed by atoms with Gasteiger partial charge in [-0.05, 0) is 35.6 Å². The highest BCUT2D eigenvalue weighted by atomic mass is 32.2. The third kappa shape index (κ3) is 3.55. The van der Waals surface area contributed by atoms with Crippen LogP contribution in [0.1, 0.15) is 5.56 Å². The van der Waals surface area contributed by atoms with Crippen molar-refractivity contribution < 1.29 is 4.74 Å². The number of thioether (sulfide) groups is 1. The largest absolute Gasteiger partial charge is 0.497 e. The summed E-state index contributed by atoms with van der Waals surface area (Å²) in [5, 5.41) is 2.66. The maximum absolute atomic E-state index is 12.6. The summed E-state index contributed by atoms with van der Waals surface area (Å²) in [6, 6.07) is 9.94. The zero-order valence-electron chi connectivity index (χ0n) is 13.4. The monoisotopic (exact) mass is 358 g/mol. The van der Waals surface area contributed by atoms with E-state index in [1.807, 2.05) is 23.6 Å². The topological polar surface area (TPSA) is 44.1 Å². The second kappa shape index (κ2) is 7.68. The Morgan fingerprint density at radius 2 is 2.12 bits per heavy atom. The van der Waals surface area contributed by atoms with Gasteiger partial charge in [-0.2, -0.15) is 0 Å². The molecule has 24 heavy (non-hydrogen) atoms. The minimum Gasteiger partial charge on any atom is -0.497 e. The molecular formula is C18H18N2O2S2. The Kier molecular flexibility index (Phi) is 5.37. The zero-order valence-corrected chi connectivity index (χ0v) is 15.0. The summed E-state index contributed by atoms with van der Waals surface area (Å²) >= 11 is 3.04. The maximum Gasteiger partial charge on any atom is 0.272 e.